The number of ether oxygens (including phenoxy) is 2. The summed E-state index contributed by atoms with van der Waals surface area (Å²) in [4.78, 5) is 18.8. The molecule has 0 saturated carbocycles. The largest absolute Gasteiger partial charge is 0.485 e. The van der Waals surface area contributed by atoms with Gasteiger partial charge >= 0.3 is 0 Å². The average Bonchev–Trinajstić information content (AvgIpc) is 2.31. The van der Waals surface area contributed by atoms with E-state index in [-0.39, 0.29) is 6.61 Å². The molecule has 1 heterocycles. The fourth-order valence-electron chi connectivity index (χ4n) is 1.13. The molecular formula is C10H9ClO4. The zero-order valence-corrected chi connectivity index (χ0v) is 8.57. The summed E-state index contributed by atoms with van der Waals surface area (Å²) in [5.41, 5.74) is 0. The van der Waals surface area contributed by atoms with E-state index in [0.29, 0.717) is 11.5 Å². The van der Waals surface area contributed by atoms with E-state index in [1.165, 1.54) is 0 Å². The second-order valence-electron chi connectivity index (χ2n) is 2.67. The lowest BCUT2D eigenvalue weighted by Crippen LogP contribution is -2.33. The molecule has 0 saturated heterocycles. The fraction of sp³-hybridized carbons (Fsp3) is 0.200. The first-order chi connectivity index (χ1) is 7.27. The average molecular weight is 229 g/mol. The Hall–Kier alpha value is -1.55. The van der Waals surface area contributed by atoms with Crippen LogP contribution in [0, 0.1) is 0 Å². The van der Waals surface area contributed by atoms with Crippen LogP contribution in [0.25, 0.3) is 0 Å². The van der Waals surface area contributed by atoms with Gasteiger partial charge in [-0.1, -0.05) is 12.1 Å². The molecule has 1 aromatic rings. The third kappa shape index (κ3) is 2.70. The van der Waals surface area contributed by atoms with Gasteiger partial charge < -0.3 is 14.3 Å². The maximum atomic E-state index is 10.8. The number of halogens is 1. The van der Waals surface area contributed by atoms with Crippen LogP contribution in [0.4, 0.5) is 0 Å². The number of benzene rings is 1. The quantitative estimate of drug-likeness (QED) is 0.682. The number of carbonyl (C=O) groups is 2. The normalized spacial score (nSPS) is 17.3. The lowest BCUT2D eigenvalue weighted by Gasteiger charge is -2.23. The van der Waals surface area contributed by atoms with E-state index in [2.05, 4.69) is 0 Å². The van der Waals surface area contributed by atoms with Crippen LogP contribution in [0.1, 0.15) is 0 Å². The second kappa shape index (κ2) is 5.36. The van der Waals surface area contributed by atoms with Gasteiger partial charge in [0.25, 0.3) is 5.24 Å². The van der Waals surface area contributed by atoms with Gasteiger partial charge in [-0.25, -0.2) is 0 Å². The van der Waals surface area contributed by atoms with Gasteiger partial charge in [-0.05, 0) is 23.7 Å². The molecule has 0 fully saturated rings. The first kappa shape index (κ1) is 11.5. The highest BCUT2D eigenvalue weighted by Gasteiger charge is 2.25. The van der Waals surface area contributed by atoms with E-state index in [1.807, 2.05) is 18.9 Å². The van der Waals surface area contributed by atoms with Crippen molar-refractivity contribution in [1.82, 2.24) is 0 Å². The highest BCUT2D eigenvalue weighted by atomic mass is 35.5. The minimum Gasteiger partial charge on any atom is -0.485 e. The van der Waals surface area contributed by atoms with Crippen molar-refractivity contribution in [2.24, 2.45) is 0 Å². The third-order valence-electron chi connectivity index (χ3n) is 1.76. The number of carbonyl (C=O) groups excluding carboxylic acids is 2. The molecule has 1 aromatic carbocycles. The highest BCUT2D eigenvalue weighted by Crippen LogP contribution is 2.31. The molecule has 0 spiro atoms. The number of fused-ring (bicyclic) bond motifs is 1. The SMILES string of the molecule is C=O.O=C(Cl)[C@H]1COc2ccccc2O1. The van der Waals surface area contributed by atoms with Gasteiger partial charge in [0.2, 0.25) is 6.10 Å². The van der Waals surface area contributed by atoms with E-state index in [0.717, 1.165) is 0 Å². The highest BCUT2D eigenvalue weighted by molar-refractivity contribution is 6.64. The topological polar surface area (TPSA) is 52.6 Å². The summed E-state index contributed by atoms with van der Waals surface area (Å²) in [6.07, 6.45) is -0.684. The molecule has 0 radical (unpaired) electrons. The van der Waals surface area contributed by atoms with Crippen molar-refractivity contribution in [3.8, 4) is 11.5 Å². The third-order valence-corrected chi connectivity index (χ3v) is 2.01. The first-order valence-corrected chi connectivity index (χ1v) is 4.52. The molecule has 4 nitrogen and oxygen atoms in total. The van der Waals surface area contributed by atoms with Crippen molar-refractivity contribution >= 4 is 23.6 Å². The number of rotatable bonds is 1. The van der Waals surface area contributed by atoms with Gasteiger partial charge in [0.15, 0.2) is 11.5 Å². The van der Waals surface area contributed by atoms with E-state index in [4.69, 9.17) is 25.9 Å². The summed E-state index contributed by atoms with van der Waals surface area (Å²) < 4.78 is 10.6. The maximum Gasteiger partial charge on any atom is 0.265 e. The minimum absolute atomic E-state index is 0.180. The first-order valence-electron chi connectivity index (χ1n) is 4.14. The van der Waals surface area contributed by atoms with Crippen LogP contribution in [-0.4, -0.2) is 24.7 Å². The summed E-state index contributed by atoms with van der Waals surface area (Å²) in [6, 6.07) is 7.17. The van der Waals surface area contributed by atoms with Crippen LogP contribution in [-0.2, 0) is 9.59 Å². The Morgan fingerprint density at radius 2 is 1.93 bits per heavy atom. The Balaban J connectivity index is 0.000000531. The Morgan fingerprint density at radius 3 is 2.53 bits per heavy atom. The van der Waals surface area contributed by atoms with Gasteiger partial charge in [-0.3, -0.25) is 4.79 Å². The van der Waals surface area contributed by atoms with Crippen LogP contribution in [0.2, 0.25) is 0 Å². The smallest absolute Gasteiger partial charge is 0.265 e. The molecule has 1 atom stereocenters. The summed E-state index contributed by atoms with van der Waals surface area (Å²) >= 11 is 5.28. The predicted octanol–water partition coefficient (Wildman–Crippen LogP) is 1.41. The summed E-state index contributed by atoms with van der Waals surface area (Å²) in [5, 5.41) is -0.533. The number of para-hydroxylation sites is 2. The second-order valence-corrected chi connectivity index (χ2v) is 3.04. The van der Waals surface area contributed by atoms with E-state index < -0.39 is 11.3 Å². The Morgan fingerprint density at radius 1 is 1.33 bits per heavy atom. The molecule has 0 unspecified atom stereocenters. The standard InChI is InChI=1S/C9H7ClO3.CH2O/c10-9(11)8-5-12-6-3-1-2-4-7(6)13-8;1-2/h1-4,8H,5H2;1H2/t8-;/m1./s1. The van der Waals surface area contributed by atoms with Gasteiger partial charge in [0, 0.05) is 0 Å². The van der Waals surface area contributed by atoms with Crippen LogP contribution in [0.5, 0.6) is 11.5 Å². The molecule has 0 aliphatic carbocycles. The molecule has 1 aliphatic heterocycles. The van der Waals surface area contributed by atoms with E-state index >= 15 is 0 Å². The molecule has 0 amide bonds. The molecule has 15 heavy (non-hydrogen) atoms. The summed E-state index contributed by atoms with van der Waals surface area (Å²) in [7, 11) is 0. The zero-order chi connectivity index (χ0) is 11.3. The molecule has 2 rings (SSSR count). The summed E-state index contributed by atoms with van der Waals surface area (Å²) in [6.45, 7) is 2.18. The van der Waals surface area contributed by atoms with Crippen molar-refractivity contribution in [3.05, 3.63) is 24.3 Å². The van der Waals surface area contributed by atoms with Crippen molar-refractivity contribution in [3.63, 3.8) is 0 Å². The lowest BCUT2D eigenvalue weighted by molar-refractivity contribution is -0.120. The molecule has 0 aromatic heterocycles. The zero-order valence-electron chi connectivity index (χ0n) is 7.81. The summed E-state index contributed by atoms with van der Waals surface area (Å²) in [5.74, 6) is 1.21. The Kier molecular flexibility index (Phi) is 4.12. The van der Waals surface area contributed by atoms with Crippen molar-refractivity contribution in [1.29, 1.82) is 0 Å². The minimum atomic E-state index is -0.684. The van der Waals surface area contributed by atoms with E-state index in [9.17, 15) is 4.79 Å². The Labute approximate surface area is 91.7 Å². The lowest BCUT2D eigenvalue weighted by atomic mass is 10.3. The predicted molar refractivity (Wildman–Crippen MR) is 54.3 cm³/mol. The number of hydrogen-bond donors (Lipinski definition) is 0. The van der Waals surface area contributed by atoms with Crippen LogP contribution >= 0.6 is 11.6 Å². The van der Waals surface area contributed by atoms with E-state index in [1.54, 1.807) is 12.1 Å². The van der Waals surface area contributed by atoms with Crippen LogP contribution in [0.15, 0.2) is 24.3 Å². The van der Waals surface area contributed by atoms with Gasteiger partial charge in [-0.2, -0.15) is 0 Å². The number of hydrogen-bond acceptors (Lipinski definition) is 4. The van der Waals surface area contributed by atoms with Crippen LogP contribution in [0.3, 0.4) is 0 Å². The molecule has 0 N–H and O–H groups in total. The molecule has 1 aliphatic rings. The van der Waals surface area contributed by atoms with Crippen molar-refractivity contribution in [2.75, 3.05) is 6.61 Å². The molecule has 80 valence electrons. The molecule has 5 heteroatoms. The fourth-order valence-corrected chi connectivity index (χ4v) is 1.24. The van der Waals surface area contributed by atoms with Crippen molar-refractivity contribution in [2.45, 2.75) is 6.10 Å². The Bertz CT molecular complexity index is 353. The van der Waals surface area contributed by atoms with Crippen molar-refractivity contribution < 1.29 is 19.1 Å². The molecular weight excluding hydrogens is 220 g/mol. The van der Waals surface area contributed by atoms with Gasteiger partial charge in [0.05, 0.1) is 0 Å². The van der Waals surface area contributed by atoms with Gasteiger partial charge in [-0.15, -0.1) is 0 Å². The van der Waals surface area contributed by atoms with Gasteiger partial charge in [0.1, 0.15) is 13.4 Å². The van der Waals surface area contributed by atoms with Crippen LogP contribution < -0.4 is 9.47 Å². The maximum absolute atomic E-state index is 10.8. The monoisotopic (exact) mass is 228 g/mol. The molecule has 0 bridgehead atoms.